The minimum atomic E-state index is -0.367. The smallest absolute Gasteiger partial charge is 0.228 e. The summed E-state index contributed by atoms with van der Waals surface area (Å²) in [5.41, 5.74) is 0.699. The van der Waals surface area contributed by atoms with Gasteiger partial charge in [0, 0.05) is 37.2 Å². The molecule has 1 aromatic carbocycles. The first-order valence-electron chi connectivity index (χ1n) is 8.48. The van der Waals surface area contributed by atoms with Gasteiger partial charge in [0.2, 0.25) is 11.8 Å². The molecule has 2 amide bonds. The topological polar surface area (TPSA) is 70.1 Å². The monoisotopic (exact) mass is 374 g/mol. The lowest BCUT2D eigenvalue weighted by atomic mass is 10.1. The van der Waals surface area contributed by atoms with Crippen LogP contribution in [0.2, 0.25) is 0 Å². The fourth-order valence-corrected chi connectivity index (χ4v) is 3.79. The second-order valence-corrected chi connectivity index (χ2v) is 7.29. The molecular formula is C19H22N2O4S. The van der Waals surface area contributed by atoms with E-state index in [1.54, 1.807) is 52.5 Å². The van der Waals surface area contributed by atoms with E-state index in [4.69, 9.17) is 4.74 Å². The molecule has 1 N–H and O–H groups in total. The van der Waals surface area contributed by atoms with E-state index in [0.29, 0.717) is 31.9 Å². The number of aromatic hydroxyl groups is 1. The molecule has 1 atom stereocenters. The zero-order valence-electron chi connectivity index (χ0n) is 14.6. The highest BCUT2D eigenvalue weighted by Crippen LogP contribution is 2.28. The van der Waals surface area contributed by atoms with Crippen molar-refractivity contribution in [1.29, 1.82) is 0 Å². The number of hydrogen-bond acceptors (Lipinski definition) is 5. The van der Waals surface area contributed by atoms with E-state index in [9.17, 15) is 14.7 Å². The second-order valence-electron chi connectivity index (χ2n) is 6.25. The van der Waals surface area contributed by atoms with E-state index in [-0.39, 0.29) is 29.9 Å². The molecule has 1 fully saturated rings. The number of phenols is 1. The summed E-state index contributed by atoms with van der Waals surface area (Å²) in [6.07, 6.45) is 0.202. The number of phenolic OH excluding ortho intramolecular Hbond substituents is 1. The molecule has 0 bridgehead atoms. The molecule has 0 saturated carbocycles. The predicted molar refractivity (Wildman–Crippen MR) is 100 cm³/mol. The van der Waals surface area contributed by atoms with Crippen LogP contribution >= 0.6 is 11.3 Å². The highest BCUT2D eigenvalue weighted by atomic mass is 32.1. The summed E-state index contributed by atoms with van der Waals surface area (Å²) >= 11 is 1.61. The third kappa shape index (κ3) is 4.23. The lowest BCUT2D eigenvalue weighted by Gasteiger charge is -2.25. The molecule has 2 aromatic rings. The molecule has 1 aliphatic rings. The van der Waals surface area contributed by atoms with Gasteiger partial charge in [-0.05, 0) is 35.7 Å². The Morgan fingerprint density at radius 2 is 2.12 bits per heavy atom. The molecule has 1 aliphatic heterocycles. The van der Waals surface area contributed by atoms with Crippen LogP contribution in [0.4, 0.5) is 5.69 Å². The molecule has 6 nitrogen and oxygen atoms in total. The van der Waals surface area contributed by atoms with E-state index in [1.807, 2.05) is 17.5 Å². The number of hydrogen-bond donors (Lipinski definition) is 1. The number of amides is 2. The van der Waals surface area contributed by atoms with Gasteiger partial charge in [0.1, 0.15) is 5.75 Å². The van der Waals surface area contributed by atoms with Crippen molar-refractivity contribution in [2.75, 3.05) is 31.7 Å². The molecule has 7 heteroatoms. The molecular weight excluding hydrogens is 352 g/mol. The minimum absolute atomic E-state index is 0.0231. The van der Waals surface area contributed by atoms with E-state index in [1.165, 1.54) is 0 Å². The van der Waals surface area contributed by atoms with Crippen molar-refractivity contribution in [3.63, 3.8) is 0 Å². The summed E-state index contributed by atoms with van der Waals surface area (Å²) in [4.78, 5) is 29.9. The lowest BCUT2D eigenvalue weighted by Crippen LogP contribution is -2.38. The zero-order chi connectivity index (χ0) is 18.5. The zero-order valence-corrected chi connectivity index (χ0v) is 15.4. The summed E-state index contributed by atoms with van der Waals surface area (Å²) in [6.45, 7) is 1.84. The number of carbonyl (C=O) groups is 2. The van der Waals surface area contributed by atoms with Crippen molar-refractivity contribution in [1.82, 2.24) is 4.90 Å². The third-order valence-corrected chi connectivity index (χ3v) is 5.30. The van der Waals surface area contributed by atoms with Crippen LogP contribution in [0.25, 0.3) is 0 Å². The summed E-state index contributed by atoms with van der Waals surface area (Å²) in [6, 6.07) is 10.4. The number of carbonyl (C=O) groups excluding carboxylic acids is 2. The Bertz CT molecular complexity index is 745. The Labute approximate surface area is 156 Å². The number of thiophene rings is 1. The minimum Gasteiger partial charge on any atom is -0.508 e. The van der Waals surface area contributed by atoms with Gasteiger partial charge >= 0.3 is 0 Å². The average molecular weight is 374 g/mol. The van der Waals surface area contributed by atoms with Crippen molar-refractivity contribution in [2.45, 2.75) is 13.0 Å². The van der Waals surface area contributed by atoms with E-state index < -0.39 is 0 Å². The highest BCUT2D eigenvalue weighted by molar-refractivity contribution is 7.09. The quantitative estimate of drug-likeness (QED) is 0.808. The van der Waals surface area contributed by atoms with Crippen LogP contribution in [-0.4, -0.2) is 48.6 Å². The number of ether oxygens (including phenoxy) is 1. The maximum Gasteiger partial charge on any atom is 0.228 e. The summed E-state index contributed by atoms with van der Waals surface area (Å²) < 4.78 is 5.14. The normalized spacial score (nSPS) is 16.9. The maximum absolute atomic E-state index is 13.0. The Morgan fingerprint density at radius 3 is 2.77 bits per heavy atom. The van der Waals surface area contributed by atoms with Gasteiger partial charge in [0.05, 0.1) is 19.1 Å². The van der Waals surface area contributed by atoms with Gasteiger partial charge in [-0.25, -0.2) is 0 Å². The van der Waals surface area contributed by atoms with Crippen LogP contribution in [0, 0.1) is 5.92 Å². The van der Waals surface area contributed by atoms with Crippen LogP contribution in [0.15, 0.2) is 41.8 Å². The highest BCUT2D eigenvalue weighted by Gasteiger charge is 2.37. The molecule has 1 aromatic heterocycles. The number of nitrogens with zero attached hydrogens (tertiary/aromatic N) is 2. The van der Waals surface area contributed by atoms with E-state index in [2.05, 4.69) is 0 Å². The van der Waals surface area contributed by atoms with Crippen LogP contribution < -0.4 is 4.90 Å². The number of anilines is 1. The van der Waals surface area contributed by atoms with Gasteiger partial charge < -0.3 is 19.6 Å². The Hall–Kier alpha value is -2.38. The first-order chi connectivity index (χ1) is 12.6. The van der Waals surface area contributed by atoms with Crippen LogP contribution in [0.1, 0.15) is 11.3 Å². The van der Waals surface area contributed by atoms with Crippen LogP contribution in [-0.2, 0) is 20.9 Å². The van der Waals surface area contributed by atoms with Gasteiger partial charge in [0.15, 0.2) is 0 Å². The first-order valence-corrected chi connectivity index (χ1v) is 9.36. The molecule has 2 heterocycles. The second kappa shape index (κ2) is 8.33. The Kier molecular flexibility index (Phi) is 5.90. The molecule has 26 heavy (non-hydrogen) atoms. The largest absolute Gasteiger partial charge is 0.508 e. The van der Waals surface area contributed by atoms with Gasteiger partial charge in [-0.15, -0.1) is 11.3 Å². The number of methoxy groups -OCH3 is 1. The lowest BCUT2D eigenvalue weighted by molar-refractivity contribution is -0.137. The van der Waals surface area contributed by atoms with Crippen molar-refractivity contribution in [3.8, 4) is 5.75 Å². The Morgan fingerprint density at radius 1 is 1.35 bits per heavy atom. The van der Waals surface area contributed by atoms with E-state index >= 15 is 0 Å². The fraction of sp³-hybridized carbons (Fsp3) is 0.368. The standard InChI is InChI=1S/C19H22N2O4S/c1-25-9-8-20(13-17-3-2-10-26-17)19(24)14-11-18(23)21(12-14)15-4-6-16(22)7-5-15/h2-7,10,14,22H,8-9,11-13H2,1H3/t14-/m0/s1. The SMILES string of the molecule is COCCN(Cc1cccs1)C(=O)[C@H]1CC(=O)N(c2ccc(O)cc2)C1. The molecule has 0 spiro atoms. The number of rotatable bonds is 7. The summed E-state index contributed by atoms with van der Waals surface area (Å²) in [7, 11) is 1.61. The fourth-order valence-electron chi connectivity index (χ4n) is 3.07. The molecule has 0 aliphatic carbocycles. The van der Waals surface area contributed by atoms with E-state index in [0.717, 1.165) is 4.88 Å². The van der Waals surface area contributed by atoms with Crippen molar-refractivity contribution in [3.05, 3.63) is 46.7 Å². The van der Waals surface area contributed by atoms with Crippen LogP contribution in [0.5, 0.6) is 5.75 Å². The summed E-state index contributed by atoms with van der Waals surface area (Å²) in [5, 5.41) is 11.4. The molecule has 3 rings (SSSR count). The van der Waals surface area contributed by atoms with Gasteiger partial charge in [0.25, 0.3) is 0 Å². The maximum atomic E-state index is 13.0. The number of benzene rings is 1. The predicted octanol–water partition coefficient (Wildman–Crippen LogP) is 2.48. The van der Waals surface area contributed by atoms with Crippen molar-refractivity contribution in [2.24, 2.45) is 5.92 Å². The van der Waals surface area contributed by atoms with Crippen molar-refractivity contribution < 1.29 is 19.4 Å². The van der Waals surface area contributed by atoms with Crippen molar-refractivity contribution >= 4 is 28.8 Å². The summed E-state index contributed by atoms with van der Waals surface area (Å²) in [5.74, 6) is -0.315. The van der Waals surface area contributed by atoms with Gasteiger partial charge in [-0.1, -0.05) is 6.07 Å². The molecule has 0 radical (unpaired) electrons. The van der Waals surface area contributed by atoms with Gasteiger partial charge in [-0.3, -0.25) is 9.59 Å². The first kappa shape index (κ1) is 18.4. The molecule has 0 unspecified atom stereocenters. The molecule has 1 saturated heterocycles. The average Bonchev–Trinajstić information content (AvgIpc) is 3.28. The molecule has 138 valence electrons. The van der Waals surface area contributed by atoms with Gasteiger partial charge in [-0.2, -0.15) is 0 Å². The van der Waals surface area contributed by atoms with Crippen LogP contribution in [0.3, 0.4) is 0 Å². The third-order valence-electron chi connectivity index (χ3n) is 4.44. The Balaban J connectivity index is 1.70.